The number of hydrogen-bond acceptors (Lipinski definition) is 5. The van der Waals surface area contributed by atoms with Crippen molar-refractivity contribution >= 4 is 31.9 Å². The Morgan fingerprint density at radius 2 is 1.78 bits per heavy atom. The first-order valence-electron chi connectivity index (χ1n) is 10.9. The smallest absolute Gasteiger partial charge is 0.231 e. The standard InChI is InChI=1S/C24H27Br2FN2O3/c25-20-14-19(27)15-21(26)24(20)30-13-5-4-8-28-9-11-29(12-10-28)23-17-31-22(16-32-23)18-6-2-1-3-7-18/h1-2,6,14-17H,3-5,7-13H2. The fourth-order valence-electron chi connectivity index (χ4n) is 3.86. The zero-order valence-corrected chi connectivity index (χ0v) is 21.0. The van der Waals surface area contributed by atoms with Gasteiger partial charge < -0.3 is 19.1 Å². The first-order chi connectivity index (χ1) is 15.6. The predicted molar refractivity (Wildman–Crippen MR) is 129 cm³/mol. The highest BCUT2D eigenvalue weighted by Crippen LogP contribution is 2.34. The molecule has 0 spiro atoms. The van der Waals surface area contributed by atoms with E-state index < -0.39 is 0 Å². The van der Waals surface area contributed by atoms with Crippen LogP contribution in [0.1, 0.15) is 25.7 Å². The van der Waals surface area contributed by atoms with Crippen LogP contribution in [0, 0.1) is 5.82 Å². The molecule has 3 aliphatic rings. The van der Waals surface area contributed by atoms with Gasteiger partial charge in [-0.15, -0.1) is 0 Å². The van der Waals surface area contributed by atoms with Crippen LogP contribution in [0.15, 0.2) is 69.0 Å². The molecular weight excluding hydrogens is 543 g/mol. The summed E-state index contributed by atoms with van der Waals surface area (Å²) in [6.45, 7) is 5.44. The second-order valence-corrected chi connectivity index (χ2v) is 9.62. The number of hydrogen-bond donors (Lipinski definition) is 0. The van der Waals surface area contributed by atoms with E-state index in [2.05, 4.69) is 59.9 Å². The SMILES string of the molecule is Fc1cc(Br)c(OCCCCN2CCN(C3=COC(C4=CC=CCC4)=CO3)CC2)c(Br)c1. The predicted octanol–water partition coefficient (Wildman–Crippen LogP) is 6.09. The molecule has 2 heterocycles. The first-order valence-corrected chi connectivity index (χ1v) is 12.5. The van der Waals surface area contributed by atoms with Crippen molar-refractivity contribution in [3.63, 3.8) is 0 Å². The van der Waals surface area contributed by atoms with Gasteiger partial charge in [-0.25, -0.2) is 4.39 Å². The van der Waals surface area contributed by atoms with Crippen LogP contribution in [0.4, 0.5) is 4.39 Å². The first kappa shape index (κ1) is 23.4. The van der Waals surface area contributed by atoms with Gasteiger partial charge in [-0.2, -0.15) is 0 Å². The van der Waals surface area contributed by atoms with Crippen LogP contribution in [-0.4, -0.2) is 49.1 Å². The highest BCUT2D eigenvalue weighted by molar-refractivity contribution is 9.11. The quantitative estimate of drug-likeness (QED) is 0.354. The molecule has 0 bridgehead atoms. The normalized spacial score (nSPS) is 19.0. The molecule has 0 atom stereocenters. The maximum absolute atomic E-state index is 13.3. The van der Waals surface area contributed by atoms with Crippen molar-refractivity contribution in [1.29, 1.82) is 0 Å². The summed E-state index contributed by atoms with van der Waals surface area (Å²) in [5.41, 5.74) is 1.18. The van der Waals surface area contributed by atoms with Crippen molar-refractivity contribution in [2.45, 2.75) is 25.7 Å². The Morgan fingerprint density at radius 1 is 1.00 bits per heavy atom. The van der Waals surface area contributed by atoms with Gasteiger partial charge in [0.2, 0.25) is 5.88 Å². The number of unbranched alkanes of at least 4 members (excludes halogenated alkanes) is 1. The molecule has 0 saturated carbocycles. The van der Waals surface area contributed by atoms with E-state index in [9.17, 15) is 4.39 Å². The average molecular weight is 570 g/mol. The molecule has 1 aromatic rings. The Hall–Kier alpha value is -1.77. The maximum Gasteiger partial charge on any atom is 0.231 e. The summed E-state index contributed by atoms with van der Waals surface area (Å²) in [6.07, 6.45) is 13.8. The Labute approximate surface area is 205 Å². The van der Waals surface area contributed by atoms with E-state index in [0.29, 0.717) is 21.3 Å². The summed E-state index contributed by atoms with van der Waals surface area (Å²) >= 11 is 6.70. The fraction of sp³-hybridized carbons (Fsp3) is 0.417. The number of allylic oxidation sites excluding steroid dienone is 4. The highest BCUT2D eigenvalue weighted by atomic mass is 79.9. The Kier molecular flexibility index (Phi) is 8.32. The molecule has 0 unspecified atom stereocenters. The van der Waals surface area contributed by atoms with E-state index >= 15 is 0 Å². The molecule has 1 aromatic carbocycles. The molecule has 1 fully saturated rings. The van der Waals surface area contributed by atoms with E-state index in [1.54, 1.807) is 12.5 Å². The van der Waals surface area contributed by atoms with Crippen molar-refractivity contribution in [1.82, 2.24) is 9.80 Å². The van der Waals surface area contributed by atoms with Gasteiger partial charge >= 0.3 is 0 Å². The number of rotatable bonds is 8. The zero-order valence-electron chi connectivity index (χ0n) is 17.9. The topological polar surface area (TPSA) is 34.2 Å². The third-order valence-electron chi connectivity index (χ3n) is 5.67. The maximum atomic E-state index is 13.3. The average Bonchev–Trinajstić information content (AvgIpc) is 2.81. The lowest BCUT2D eigenvalue weighted by molar-refractivity contribution is 0.0834. The van der Waals surface area contributed by atoms with Crippen molar-refractivity contribution < 1.29 is 18.6 Å². The molecular formula is C24H27Br2FN2O3. The molecule has 4 rings (SSSR count). The summed E-state index contributed by atoms with van der Waals surface area (Å²) in [7, 11) is 0. The van der Waals surface area contributed by atoms with Crippen LogP contribution in [0.3, 0.4) is 0 Å². The number of nitrogens with zero attached hydrogens (tertiary/aromatic N) is 2. The highest BCUT2D eigenvalue weighted by Gasteiger charge is 2.22. The van der Waals surface area contributed by atoms with Gasteiger partial charge in [0.25, 0.3) is 0 Å². The second-order valence-electron chi connectivity index (χ2n) is 7.92. The molecule has 32 heavy (non-hydrogen) atoms. The monoisotopic (exact) mass is 568 g/mol. The molecule has 172 valence electrons. The third kappa shape index (κ3) is 6.17. The van der Waals surface area contributed by atoms with Gasteiger partial charge in [-0.05, 0) is 81.8 Å². The molecule has 0 N–H and O–H groups in total. The minimum absolute atomic E-state index is 0.299. The summed E-state index contributed by atoms with van der Waals surface area (Å²) < 4.78 is 32.1. The number of ether oxygens (including phenoxy) is 3. The molecule has 0 radical (unpaired) electrons. The molecule has 0 aromatic heterocycles. The number of benzene rings is 1. The minimum Gasteiger partial charge on any atom is -0.491 e. The van der Waals surface area contributed by atoms with Crippen LogP contribution in [-0.2, 0) is 9.47 Å². The lowest BCUT2D eigenvalue weighted by Gasteiger charge is -2.36. The minimum atomic E-state index is -0.299. The summed E-state index contributed by atoms with van der Waals surface area (Å²) in [5.74, 6) is 1.94. The van der Waals surface area contributed by atoms with E-state index in [0.717, 1.165) is 70.0 Å². The van der Waals surface area contributed by atoms with Crippen LogP contribution >= 0.6 is 31.9 Å². The van der Waals surface area contributed by atoms with Gasteiger partial charge in [0.05, 0.1) is 15.6 Å². The Bertz CT molecular complexity index is 914. The molecule has 1 aliphatic carbocycles. The van der Waals surface area contributed by atoms with Crippen LogP contribution in [0.2, 0.25) is 0 Å². The molecule has 2 aliphatic heterocycles. The number of halogens is 3. The number of piperazine rings is 1. The molecule has 0 amide bonds. The van der Waals surface area contributed by atoms with Crippen molar-refractivity contribution in [3.05, 3.63) is 74.9 Å². The van der Waals surface area contributed by atoms with E-state index in [1.165, 1.54) is 17.7 Å². The van der Waals surface area contributed by atoms with Gasteiger partial charge in [-0.1, -0.05) is 18.2 Å². The van der Waals surface area contributed by atoms with Crippen LogP contribution in [0.25, 0.3) is 0 Å². The third-order valence-corrected chi connectivity index (χ3v) is 6.84. The van der Waals surface area contributed by atoms with E-state index in [1.807, 2.05) is 0 Å². The molecule has 1 saturated heterocycles. The van der Waals surface area contributed by atoms with Crippen molar-refractivity contribution in [2.24, 2.45) is 0 Å². The summed E-state index contributed by atoms with van der Waals surface area (Å²) in [6, 6.07) is 2.83. The van der Waals surface area contributed by atoms with Crippen molar-refractivity contribution in [2.75, 3.05) is 39.3 Å². The Morgan fingerprint density at radius 3 is 2.44 bits per heavy atom. The van der Waals surface area contributed by atoms with E-state index in [-0.39, 0.29) is 5.82 Å². The second kappa shape index (κ2) is 11.4. The molecule has 8 heteroatoms. The summed E-state index contributed by atoms with van der Waals surface area (Å²) in [4.78, 5) is 4.69. The van der Waals surface area contributed by atoms with Gasteiger partial charge in [-0.3, -0.25) is 4.90 Å². The van der Waals surface area contributed by atoms with Crippen LogP contribution < -0.4 is 4.74 Å². The van der Waals surface area contributed by atoms with Crippen molar-refractivity contribution in [3.8, 4) is 5.75 Å². The van der Waals surface area contributed by atoms with Gasteiger partial charge in [0, 0.05) is 26.2 Å². The lowest BCUT2D eigenvalue weighted by atomic mass is 10.0. The van der Waals surface area contributed by atoms with Gasteiger partial charge in [0.15, 0.2) is 12.0 Å². The van der Waals surface area contributed by atoms with E-state index in [4.69, 9.17) is 14.2 Å². The van der Waals surface area contributed by atoms with Crippen LogP contribution in [0.5, 0.6) is 5.75 Å². The molecule has 5 nitrogen and oxygen atoms in total. The largest absolute Gasteiger partial charge is 0.491 e. The van der Waals surface area contributed by atoms with Gasteiger partial charge in [0.1, 0.15) is 17.8 Å². The fourth-order valence-corrected chi connectivity index (χ4v) is 5.22. The summed E-state index contributed by atoms with van der Waals surface area (Å²) in [5, 5.41) is 0. The lowest BCUT2D eigenvalue weighted by Crippen LogP contribution is -2.46. The Balaban J connectivity index is 1.13. The zero-order chi connectivity index (χ0) is 22.3.